The molecule has 0 fully saturated rings. The van der Waals surface area contributed by atoms with Gasteiger partial charge in [-0.1, -0.05) is 6.07 Å². The zero-order valence-electron chi connectivity index (χ0n) is 9.54. The lowest BCUT2D eigenvalue weighted by Gasteiger charge is -2.10. The van der Waals surface area contributed by atoms with Gasteiger partial charge in [0, 0.05) is 6.07 Å². The predicted octanol–water partition coefficient (Wildman–Crippen LogP) is 2.01. The fourth-order valence-corrected chi connectivity index (χ4v) is 1.34. The van der Waals surface area contributed by atoms with Gasteiger partial charge in [0.1, 0.15) is 0 Å². The van der Waals surface area contributed by atoms with Gasteiger partial charge < -0.3 is 9.84 Å². The number of aliphatic carboxylic acids is 1. The van der Waals surface area contributed by atoms with Crippen molar-refractivity contribution < 1.29 is 19.6 Å². The molecule has 0 atom stereocenters. The summed E-state index contributed by atoms with van der Waals surface area (Å²) < 4.78 is 5.29. The van der Waals surface area contributed by atoms with E-state index < -0.39 is 10.9 Å². The van der Waals surface area contributed by atoms with Gasteiger partial charge in [-0.3, -0.25) is 14.9 Å². The summed E-state index contributed by atoms with van der Waals surface area (Å²) >= 11 is 0. The molecule has 17 heavy (non-hydrogen) atoms. The van der Waals surface area contributed by atoms with Crippen molar-refractivity contribution in [2.45, 2.75) is 26.4 Å². The van der Waals surface area contributed by atoms with Crippen LogP contribution < -0.4 is 4.74 Å². The van der Waals surface area contributed by atoms with Crippen molar-refractivity contribution in [1.82, 2.24) is 0 Å². The number of rotatable bonds is 5. The molecule has 6 nitrogen and oxygen atoms in total. The molecule has 0 aliphatic heterocycles. The molecule has 1 aromatic rings. The van der Waals surface area contributed by atoms with Gasteiger partial charge in [-0.15, -0.1) is 0 Å². The summed E-state index contributed by atoms with van der Waals surface area (Å²) in [5, 5.41) is 19.4. The average Bonchev–Trinajstić information content (AvgIpc) is 2.15. The Bertz CT molecular complexity index is 441. The summed E-state index contributed by atoms with van der Waals surface area (Å²) in [6.07, 6.45) is -0.402. The summed E-state index contributed by atoms with van der Waals surface area (Å²) in [4.78, 5) is 20.7. The topological polar surface area (TPSA) is 89.7 Å². The van der Waals surface area contributed by atoms with E-state index in [0.29, 0.717) is 5.56 Å². The minimum absolute atomic E-state index is 0.101. The molecule has 0 saturated heterocycles. The normalized spacial score (nSPS) is 10.3. The summed E-state index contributed by atoms with van der Waals surface area (Å²) in [5.74, 6) is -0.891. The maximum atomic E-state index is 10.7. The molecule has 6 heteroatoms. The smallest absolute Gasteiger partial charge is 0.310 e. The van der Waals surface area contributed by atoms with E-state index >= 15 is 0 Å². The molecule has 0 aromatic heterocycles. The van der Waals surface area contributed by atoms with Crippen LogP contribution in [0.5, 0.6) is 5.75 Å². The summed E-state index contributed by atoms with van der Waals surface area (Å²) in [7, 11) is 0. The van der Waals surface area contributed by atoms with Gasteiger partial charge in [-0.05, 0) is 25.5 Å². The third-order valence-corrected chi connectivity index (χ3v) is 1.94. The van der Waals surface area contributed by atoms with E-state index in [1.54, 1.807) is 13.8 Å². The first kappa shape index (κ1) is 13.0. The van der Waals surface area contributed by atoms with Crippen LogP contribution in [0.3, 0.4) is 0 Å². The molecular formula is C11H13NO5. The number of nitro benzene ring substituents is 1. The fourth-order valence-electron chi connectivity index (χ4n) is 1.34. The number of hydrogen-bond donors (Lipinski definition) is 1. The highest BCUT2D eigenvalue weighted by molar-refractivity contribution is 5.70. The van der Waals surface area contributed by atoms with Crippen molar-refractivity contribution in [3.05, 3.63) is 33.9 Å². The number of nitrogens with zero attached hydrogens (tertiary/aromatic N) is 1. The standard InChI is InChI=1S/C11H13NO5/c1-7(2)17-10-5-8(6-11(13)14)3-4-9(10)12(15)16/h3-5,7H,6H2,1-2H3,(H,13,14). The predicted molar refractivity (Wildman–Crippen MR) is 60.2 cm³/mol. The van der Waals surface area contributed by atoms with E-state index in [1.165, 1.54) is 18.2 Å². The Balaban J connectivity index is 3.09. The zero-order valence-corrected chi connectivity index (χ0v) is 9.54. The second-order valence-corrected chi connectivity index (χ2v) is 3.80. The number of carboxylic acids is 1. The molecule has 0 unspecified atom stereocenters. The van der Waals surface area contributed by atoms with Crippen molar-refractivity contribution in [1.29, 1.82) is 0 Å². The Morgan fingerprint density at radius 2 is 2.18 bits per heavy atom. The van der Waals surface area contributed by atoms with Gasteiger partial charge in [0.05, 0.1) is 17.4 Å². The van der Waals surface area contributed by atoms with Crippen LogP contribution in [0.1, 0.15) is 19.4 Å². The first-order valence-electron chi connectivity index (χ1n) is 5.06. The molecule has 0 aliphatic rings. The molecule has 0 radical (unpaired) electrons. The van der Waals surface area contributed by atoms with Crippen LogP contribution in [-0.4, -0.2) is 22.1 Å². The SMILES string of the molecule is CC(C)Oc1cc(CC(=O)O)ccc1[N+](=O)[O-]. The highest BCUT2D eigenvalue weighted by atomic mass is 16.6. The molecule has 0 spiro atoms. The Labute approximate surface area is 98.0 Å². The molecule has 0 heterocycles. The average molecular weight is 239 g/mol. The quantitative estimate of drug-likeness (QED) is 0.627. The Morgan fingerprint density at radius 1 is 1.53 bits per heavy atom. The van der Waals surface area contributed by atoms with Crippen molar-refractivity contribution in [2.24, 2.45) is 0 Å². The number of benzene rings is 1. The second-order valence-electron chi connectivity index (χ2n) is 3.80. The number of ether oxygens (including phenoxy) is 1. The lowest BCUT2D eigenvalue weighted by molar-refractivity contribution is -0.386. The number of carboxylic acid groups (broad SMARTS) is 1. The molecule has 0 bridgehead atoms. The summed E-state index contributed by atoms with van der Waals surface area (Å²) in [6.45, 7) is 3.49. The number of carbonyl (C=O) groups is 1. The number of nitro groups is 1. The largest absolute Gasteiger partial charge is 0.484 e. The Morgan fingerprint density at radius 3 is 2.65 bits per heavy atom. The molecule has 0 saturated carbocycles. The Kier molecular flexibility index (Phi) is 4.03. The minimum Gasteiger partial charge on any atom is -0.484 e. The minimum atomic E-state index is -0.991. The van der Waals surface area contributed by atoms with Crippen molar-refractivity contribution in [3.8, 4) is 5.75 Å². The zero-order chi connectivity index (χ0) is 13.0. The molecular weight excluding hydrogens is 226 g/mol. The molecule has 1 N–H and O–H groups in total. The lowest BCUT2D eigenvalue weighted by atomic mass is 10.1. The summed E-state index contributed by atoms with van der Waals surface area (Å²) in [6, 6.07) is 4.07. The molecule has 92 valence electrons. The van der Waals surface area contributed by atoms with Crippen LogP contribution in [-0.2, 0) is 11.2 Å². The maximum Gasteiger partial charge on any atom is 0.310 e. The van der Waals surface area contributed by atoms with E-state index in [9.17, 15) is 14.9 Å². The fraction of sp³-hybridized carbons (Fsp3) is 0.364. The van der Waals surface area contributed by atoms with Gasteiger partial charge in [-0.25, -0.2) is 0 Å². The summed E-state index contributed by atoms with van der Waals surface area (Å²) in [5.41, 5.74) is 0.312. The van der Waals surface area contributed by atoms with Gasteiger partial charge in [-0.2, -0.15) is 0 Å². The van der Waals surface area contributed by atoms with Gasteiger partial charge in [0.15, 0.2) is 5.75 Å². The van der Waals surface area contributed by atoms with Crippen LogP contribution >= 0.6 is 0 Å². The van der Waals surface area contributed by atoms with Gasteiger partial charge in [0.2, 0.25) is 0 Å². The monoisotopic (exact) mass is 239 g/mol. The molecule has 1 rings (SSSR count). The molecule has 0 aliphatic carbocycles. The van der Waals surface area contributed by atoms with E-state index in [4.69, 9.17) is 9.84 Å². The highest BCUT2D eigenvalue weighted by Gasteiger charge is 2.17. The van der Waals surface area contributed by atoms with Crippen LogP contribution in [0.15, 0.2) is 18.2 Å². The highest BCUT2D eigenvalue weighted by Crippen LogP contribution is 2.29. The second kappa shape index (κ2) is 5.29. The third-order valence-electron chi connectivity index (χ3n) is 1.94. The van der Waals surface area contributed by atoms with Crippen LogP contribution in [0.4, 0.5) is 5.69 Å². The van der Waals surface area contributed by atoms with Crippen LogP contribution in [0, 0.1) is 10.1 Å². The molecule has 0 amide bonds. The van der Waals surface area contributed by atoms with E-state index in [1.807, 2.05) is 0 Å². The lowest BCUT2D eigenvalue weighted by Crippen LogP contribution is -2.08. The van der Waals surface area contributed by atoms with E-state index in [0.717, 1.165) is 0 Å². The van der Waals surface area contributed by atoms with Gasteiger partial charge >= 0.3 is 11.7 Å². The van der Waals surface area contributed by atoms with Crippen LogP contribution in [0.2, 0.25) is 0 Å². The van der Waals surface area contributed by atoms with E-state index in [-0.39, 0.29) is 24.0 Å². The Hall–Kier alpha value is -2.11. The molecule has 1 aromatic carbocycles. The van der Waals surface area contributed by atoms with Crippen molar-refractivity contribution in [2.75, 3.05) is 0 Å². The third kappa shape index (κ3) is 3.75. The first-order chi connectivity index (χ1) is 7.90. The van der Waals surface area contributed by atoms with Crippen LogP contribution in [0.25, 0.3) is 0 Å². The van der Waals surface area contributed by atoms with E-state index in [2.05, 4.69) is 0 Å². The number of hydrogen-bond acceptors (Lipinski definition) is 4. The first-order valence-corrected chi connectivity index (χ1v) is 5.06. The van der Waals surface area contributed by atoms with Crippen molar-refractivity contribution in [3.63, 3.8) is 0 Å². The van der Waals surface area contributed by atoms with Gasteiger partial charge in [0.25, 0.3) is 0 Å². The maximum absolute atomic E-state index is 10.7. The van der Waals surface area contributed by atoms with Crippen molar-refractivity contribution >= 4 is 11.7 Å².